The molecular formula is C20H19F2N3O4. The first-order valence-electron chi connectivity index (χ1n) is 8.94. The van der Waals surface area contributed by atoms with Crippen molar-refractivity contribution in [2.75, 3.05) is 31.1 Å². The Bertz CT molecular complexity index is 895. The van der Waals surface area contributed by atoms with Crippen LogP contribution in [0.15, 0.2) is 54.6 Å². The molecule has 0 saturated carbocycles. The van der Waals surface area contributed by atoms with Crippen LogP contribution in [0.25, 0.3) is 6.08 Å². The van der Waals surface area contributed by atoms with Crippen LogP contribution >= 0.6 is 0 Å². The number of hydrogen-bond acceptors (Lipinski definition) is 5. The quantitative estimate of drug-likeness (QED) is 0.419. The molecule has 0 bridgehead atoms. The molecule has 1 amide bonds. The van der Waals surface area contributed by atoms with E-state index in [1.165, 1.54) is 30.4 Å². The van der Waals surface area contributed by atoms with Gasteiger partial charge in [0.2, 0.25) is 5.91 Å². The maximum absolute atomic E-state index is 12.5. The molecule has 0 aromatic heterocycles. The van der Waals surface area contributed by atoms with Crippen molar-refractivity contribution in [2.45, 2.75) is 6.61 Å². The van der Waals surface area contributed by atoms with Crippen molar-refractivity contribution >= 4 is 23.4 Å². The summed E-state index contributed by atoms with van der Waals surface area (Å²) < 4.78 is 29.4. The van der Waals surface area contributed by atoms with Gasteiger partial charge in [0.15, 0.2) is 0 Å². The van der Waals surface area contributed by atoms with E-state index in [1.807, 2.05) is 4.90 Å². The van der Waals surface area contributed by atoms with Crippen molar-refractivity contribution in [2.24, 2.45) is 0 Å². The van der Waals surface area contributed by atoms with Crippen molar-refractivity contribution in [3.8, 4) is 5.75 Å². The van der Waals surface area contributed by atoms with E-state index in [0.29, 0.717) is 31.7 Å². The SMILES string of the molecule is O=C(/C=C/c1ccccc1OC(F)F)N1CCN(c2ccc([N+](=O)[O-])cc2)CC1. The second kappa shape index (κ2) is 9.13. The van der Waals surface area contributed by atoms with Crippen molar-refractivity contribution in [3.05, 3.63) is 70.3 Å². The van der Waals surface area contributed by atoms with E-state index < -0.39 is 11.5 Å². The number of anilines is 1. The number of nitro groups is 1. The lowest BCUT2D eigenvalue weighted by Crippen LogP contribution is -2.48. The predicted octanol–water partition coefficient (Wildman–Crippen LogP) is 3.56. The van der Waals surface area contributed by atoms with Crippen molar-refractivity contribution in [3.63, 3.8) is 0 Å². The maximum atomic E-state index is 12.5. The molecule has 0 aliphatic carbocycles. The van der Waals surface area contributed by atoms with Gasteiger partial charge < -0.3 is 14.5 Å². The summed E-state index contributed by atoms with van der Waals surface area (Å²) in [6.07, 6.45) is 2.80. The summed E-state index contributed by atoms with van der Waals surface area (Å²) in [5, 5.41) is 10.7. The molecule has 3 rings (SSSR count). The van der Waals surface area contributed by atoms with E-state index in [1.54, 1.807) is 35.2 Å². The van der Waals surface area contributed by atoms with Crippen LogP contribution in [0.3, 0.4) is 0 Å². The highest BCUT2D eigenvalue weighted by atomic mass is 19.3. The van der Waals surface area contributed by atoms with Gasteiger partial charge in [0.25, 0.3) is 5.69 Å². The number of nitrogens with zero attached hydrogens (tertiary/aromatic N) is 3. The Hall–Kier alpha value is -3.49. The number of piperazine rings is 1. The van der Waals surface area contributed by atoms with Crippen LogP contribution in [0, 0.1) is 10.1 Å². The Morgan fingerprint density at radius 2 is 1.72 bits per heavy atom. The standard InChI is InChI=1S/C20H19F2N3O4/c21-20(22)29-18-4-2-1-3-15(18)5-10-19(26)24-13-11-23(12-14-24)16-6-8-17(9-7-16)25(27)28/h1-10,20H,11-14H2/b10-5+. The minimum absolute atomic E-state index is 0.00883. The minimum atomic E-state index is -2.94. The Labute approximate surface area is 165 Å². The van der Waals surface area contributed by atoms with Gasteiger partial charge >= 0.3 is 6.61 Å². The molecule has 0 radical (unpaired) electrons. The Morgan fingerprint density at radius 1 is 1.07 bits per heavy atom. The number of carbonyl (C=O) groups is 1. The molecule has 0 atom stereocenters. The zero-order valence-electron chi connectivity index (χ0n) is 15.4. The number of nitro benzene ring substituents is 1. The predicted molar refractivity (Wildman–Crippen MR) is 104 cm³/mol. The van der Waals surface area contributed by atoms with Crippen LogP contribution in [0.2, 0.25) is 0 Å². The average molecular weight is 403 g/mol. The number of rotatable bonds is 6. The zero-order chi connectivity index (χ0) is 20.8. The molecule has 0 unspecified atom stereocenters. The van der Waals surface area contributed by atoms with E-state index in [4.69, 9.17) is 0 Å². The Balaban J connectivity index is 1.58. The van der Waals surface area contributed by atoms with E-state index in [-0.39, 0.29) is 17.3 Å². The second-order valence-electron chi connectivity index (χ2n) is 6.34. The number of benzene rings is 2. The monoisotopic (exact) mass is 403 g/mol. The van der Waals surface area contributed by atoms with Gasteiger partial charge in [-0.05, 0) is 24.3 Å². The van der Waals surface area contributed by atoms with E-state index in [9.17, 15) is 23.7 Å². The van der Waals surface area contributed by atoms with E-state index in [2.05, 4.69) is 4.74 Å². The molecular weight excluding hydrogens is 384 g/mol. The Kier molecular flexibility index (Phi) is 6.38. The highest BCUT2D eigenvalue weighted by Crippen LogP contribution is 2.23. The number of para-hydroxylation sites is 1. The van der Waals surface area contributed by atoms with Crippen molar-refractivity contribution in [1.82, 2.24) is 4.90 Å². The molecule has 2 aromatic carbocycles. The van der Waals surface area contributed by atoms with E-state index in [0.717, 1.165) is 5.69 Å². The van der Waals surface area contributed by atoms with Crippen LogP contribution in [-0.2, 0) is 4.79 Å². The normalized spacial score (nSPS) is 14.4. The van der Waals surface area contributed by atoms with Gasteiger partial charge in [-0.2, -0.15) is 8.78 Å². The fourth-order valence-corrected chi connectivity index (χ4v) is 3.06. The summed E-state index contributed by atoms with van der Waals surface area (Å²) in [5.74, 6) is -0.213. The number of alkyl halides is 2. The van der Waals surface area contributed by atoms with Gasteiger partial charge in [0.05, 0.1) is 4.92 Å². The lowest BCUT2D eigenvalue weighted by atomic mass is 10.2. The first-order chi connectivity index (χ1) is 13.9. The molecule has 152 valence electrons. The zero-order valence-corrected chi connectivity index (χ0v) is 15.4. The van der Waals surface area contributed by atoms with Crippen molar-refractivity contribution in [1.29, 1.82) is 0 Å². The molecule has 9 heteroatoms. The smallest absolute Gasteiger partial charge is 0.387 e. The number of carbonyl (C=O) groups excluding carboxylic acids is 1. The summed E-state index contributed by atoms with van der Waals surface area (Å²) in [4.78, 5) is 26.4. The first-order valence-corrected chi connectivity index (χ1v) is 8.94. The summed E-state index contributed by atoms with van der Waals surface area (Å²) >= 11 is 0. The van der Waals surface area contributed by atoms with Gasteiger partial charge in [-0.15, -0.1) is 0 Å². The number of ether oxygens (including phenoxy) is 1. The minimum Gasteiger partial charge on any atom is -0.434 e. The molecule has 29 heavy (non-hydrogen) atoms. The molecule has 1 fully saturated rings. The summed E-state index contributed by atoms with van der Waals surface area (Å²) in [6, 6.07) is 12.5. The molecule has 7 nitrogen and oxygen atoms in total. The molecule has 0 N–H and O–H groups in total. The third-order valence-corrected chi connectivity index (χ3v) is 4.56. The maximum Gasteiger partial charge on any atom is 0.387 e. The molecule has 1 heterocycles. The third kappa shape index (κ3) is 5.28. The highest BCUT2D eigenvalue weighted by molar-refractivity contribution is 5.92. The van der Waals surface area contributed by atoms with Gasteiger partial charge in [-0.25, -0.2) is 0 Å². The molecule has 1 saturated heterocycles. The number of hydrogen-bond donors (Lipinski definition) is 0. The average Bonchev–Trinajstić information content (AvgIpc) is 2.72. The van der Waals surface area contributed by atoms with Gasteiger partial charge in [-0.1, -0.05) is 18.2 Å². The van der Waals surface area contributed by atoms with Crippen LogP contribution in [0.4, 0.5) is 20.2 Å². The fourth-order valence-electron chi connectivity index (χ4n) is 3.06. The number of halogens is 2. The fraction of sp³-hybridized carbons (Fsp3) is 0.250. The topological polar surface area (TPSA) is 75.9 Å². The number of amides is 1. The van der Waals surface area contributed by atoms with Crippen molar-refractivity contribution < 1.29 is 23.2 Å². The second-order valence-corrected chi connectivity index (χ2v) is 6.34. The highest BCUT2D eigenvalue weighted by Gasteiger charge is 2.20. The van der Waals surface area contributed by atoms with Crippen LogP contribution in [-0.4, -0.2) is 48.5 Å². The van der Waals surface area contributed by atoms with Crippen LogP contribution in [0.1, 0.15) is 5.56 Å². The first kappa shape index (κ1) is 20.2. The molecule has 2 aromatic rings. The summed E-state index contributed by atoms with van der Waals surface area (Å²) in [5.41, 5.74) is 1.28. The lowest BCUT2D eigenvalue weighted by molar-refractivity contribution is -0.384. The van der Waals surface area contributed by atoms with Gasteiger partial charge in [-0.3, -0.25) is 14.9 Å². The largest absolute Gasteiger partial charge is 0.434 e. The van der Waals surface area contributed by atoms with Crippen LogP contribution in [0.5, 0.6) is 5.75 Å². The third-order valence-electron chi connectivity index (χ3n) is 4.56. The summed E-state index contributed by atoms with van der Waals surface area (Å²) in [6.45, 7) is -0.803. The lowest BCUT2D eigenvalue weighted by Gasteiger charge is -2.35. The van der Waals surface area contributed by atoms with Crippen LogP contribution < -0.4 is 9.64 Å². The van der Waals surface area contributed by atoms with E-state index >= 15 is 0 Å². The molecule has 0 spiro atoms. The molecule has 1 aliphatic heterocycles. The van der Waals surface area contributed by atoms with Gasteiger partial charge in [0, 0.05) is 55.6 Å². The van der Waals surface area contributed by atoms with Gasteiger partial charge in [0.1, 0.15) is 5.75 Å². The number of non-ortho nitro benzene ring substituents is 1. The summed E-state index contributed by atoms with van der Waals surface area (Å²) in [7, 11) is 0. The molecule has 1 aliphatic rings. The Morgan fingerprint density at radius 3 is 2.34 bits per heavy atom.